The molecule has 0 saturated heterocycles. The molecular formula is C13H11N3O2S. The van der Waals surface area contributed by atoms with Gasteiger partial charge in [0.2, 0.25) is 0 Å². The summed E-state index contributed by atoms with van der Waals surface area (Å²) in [5, 5.41) is 16.0. The van der Waals surface area contributed by atoms with Gasteiger partial charge in [-0.2, -0.15) is 5.10 Å². The van der Waals surface area contributed by atoms with Crippen LogP contribution < -0.4 is 4.90 Å². The Bertz CT molecular complexity index is 711. The summed E-state index contributed by atoms with van der Waals surface area (Å²) in [5.74, 6) is -0.613. The molecule has 0 atom stereocenters. The van der Waals surface area contributed by atoms with Gasteiger partial charge in [0.05, 0.1) is 0 Å². The molecule has 0 fully saturated rings. The molecule has 1 aromatic heterocycles. The number of aromatic carboxylic acids is 1. The van der Waals surface area contributed by atoms with Crippen molar-refractivity contribution >= 4 is 29.7 Å². The zero-order valence-electron chi connectivity index (χ0n) is 9.96. The largest absolute Gasteiger partial charge is 0.478 e. The standard InChI is InChI=1S/C13H11N3O2S/c17-13(18)9-7-11(19)14-15-12(9)16-6-5-8-3-1-2-4-10(8)16/h1-4,7H,5-6H2,(H,14,19)(H,17,18). The lowest BCUT2D eigenvalue weighted by molar-refractivity contribution is 0.0697. The molecule has 2 N–H and O–H groups in total. The maximum absolute atomic E-state index is 11.3. The summed E-state index contributed by atoms with van der Waals surface area (Å²) in [6.07, 6.45) is 0.881. The third-order valence-corrected chi connectivity index (χ3v) is 3.37. The lowest BCUT2D eigenvalue weighted by Crippen LogP contribution is -2.19. The maximum atomic E-state index is 11.3. The Labute approximate surface area is 114 Å². The highest BCUT2D eigenvalue weighted by Crippen LogP contribution is 2.34. The van der Waals surface area contributed by atoms with Gasteiger partial charge < -0.3 is 10.0 Å². The molecule has 1 aliphatic rings. The zero-order chi connectivity index (χ0) is 13.4. The number of anilines is 2. The molecule has 0 amide bonds. The van der Waals surface area contributed by atoms with Crippen LogP contribution in [0.4, 0.5) is 11.5 Å². The second-order valence-corrected chi connectivity index (χ2v) is 4.74. The van der Waals surface area contributed by atoms with E-state index in [1.54, 1.807) is 0 Å². The number of para-hydroxylation sites is 1. The second-order valence-electron chi connectivity index (χ2n) is 4.30. The first kappa shape index (κ1) is 11.9. The van der Waals surface area contributed by atoms with Gasteiger partial charge in [-0.3, -0.25) is 5.10 Å². The van der Waals surface area contributed by atoms with Crippen LogP contribution in [0.3, 0.4) is 0 Å². The fourth-order valence-corrected chi connectivity index (χ4v) is 2.48. The first-order valence-electron chi connectivity index (χ1n) is 5.85. The van der Waals surface area contributed by atoms with E-state index in [-0.39, 0.29) is 5.56 Å². The number of benzene rings is 1. The number of carbonyl (C=O) groups is 1. The molecule has 0 spiro atoms. The fourth-order valence-electron chi connectivity index (χ4n) is 2.32. The molecule has 19 heavy (non-hydrogen) atoms. The normalized spacial score (nSPS) is 13.4. The molecule has 5 nitrogen and oxygen atoms in total. The van der Waals surface area contributed by atoms with E-state index in [1.807, 2.05) is 29.2 Å². The summed E-state index contributed by atoms with van der Waals surface area (Å²) in [6, 6.07) is 9.36. The monoisotopic (exact) mass is 273 g/mol. The minimum Gasteiger partial charge on any atom is -0.478 e. The van der Waals surface area contributed by atoms with Gasteiger partial charge in [-0.05, 0) is 24.1 Å². The molecule has 2 heterocycles. The number of hydrogen-bond donors (Lipinski definition) is 2. The molecule has 96 valence electrons. The number of aromatic amines is 1. The van der Waals surface area contributed by atoms with E-state index in [2.05, 4.69) is 10.2 Å². The Morgan fingerprint density at radius 2 is 2.21 bits per heavy atom. The van der Waals surface area contributed by atoms with Crippen LogP contribution in [0.15, 0.2) is 30.3 Å². The highest BCUT2D eigenvalue weighted by molar-refractivity contribution is 7.71. The molecule has 0 unspecified atom stereocenters. The fraction of sp³-hybridized carbons (Fsp3) is 0.154. The highest BCUT2D eigenvalue weighted by Gasteiger charge is 2.25. The van der Waals surface area contributed by atoms with Crippen molar-refractivity contribution in [3.63, 3.8) is 0 Å². The molecule has 0 saturated carbocycles. The lowest BCUT2D eigenvalue weighted by Gasteiger charge is -2.19. The number of carboxylic acids is 1. The van der Waals surface area contributed by atoms with Crippen LogP contribution >= 0.6 is 12.2 Å². The van der Waals surface area contributed by atoms with Crippen molar-refractivity contribution in [2.45, 2.75) is 6.42 Å². The number of hydrogen-bond acceptors (Lipinski definition) is 4. The lowest BCUT2D eigenvalue weighted by atomic mass is 10.2. The maximum Gasteiger partial charge on any atom is 0.339 e. The molecule has 1 aliphatic heterocycles. The van der Waals surface area contributed by atoms with Crippen molar-refractivity contribution in [1.82, 2.24) is 10.2 Å². The number of aromatic nitrogens is 2. The number of nitrogens with zero attached hydrogens (tertiary/aromatic N) is 2. The number of nitrogens with one attached hydrogen (secondary N) is 1. The quantitative estimate of drug-likeness (QED) is 0.823. The summed E-state index contributed by atoms with van der Waals surface area (Å²) >= 11 is 4.93. The van der Waals surface area contributed by atoms with E-state index in [1.165, 1.54) is 11.6 Å². The SMILES string of the molecule is O=C(O)c1cc(=S)[nH]nc1N1CCc2ccccc21. The topological polar surface area (TPSA) is 69.2 Å². The van der Waals surface area contributed by atoms with Gasteiger partial charge in [0, 0.05) is 12.2 Å². The zero-order valence-corrected chi connectivity index (χ0v) is 10.8. The first-order chi connectivity index (χ1) is 9.16. The molecule has 0 radical (unpaired) electrons. The van der Waals surface area contributed by atoms with Crippen LogP contribution in [0, 0.1) is 4.64 Å². The highest BCUT2D eigenvalue weighted by atomic mass is 32.1. The van der Waals surface area contributed by atoms with E-state index in [0.717, 1.165) is 18.7 Å². The molecule has 6 heteroatoms. The van der Waals surface area contributed by atoms with Gasteiger partial charge in [0.1, 0.15) is 10.2 Å². The van der Waals surface area contributed by atoms with Gasteiger partial charge in [0.25, 0.3) is 0 Å². The molecule has 2 aromatic rings. The van der Waals surface area contributed by atoms with Gasteiger partial charge in [-0.15, -0.1) is 0 Å². The number of H-pyrrole nitrogens is 1. The summed E-state index contributed by atoms with van der Waals surface area (Å²) < 4.78 is 0.314. The number of carboxylic acid groups (broad SMARTS) is 1. The summed E-state index contributed by atoms with van der Waals surface area (Å²) in [7, 11) is 0. The van der Waals surface area contributed by atoms with Crippen LogP contribution in [0.1, 0.15) is 15.9 Å². The molecule has 1 aromatic carbocycles. The van der Waals surface area contributed by atoms with E-state index < -0.39 is 5.97 Å². The Hall–Kier alpha value is -2.21. The minimum atomic E-state index is -1.02. The van der Waals surface area contributed by atoms with Gasteiger partial charge in [-0.25, -0.2) is 4.79 Å². The van der Waals surface area contributed by atoms with Crippen LogP contribution in [0.25, 0.3) is 0 Å². The summed E-state index contributed by atoms with van der Waals surface area (Å²) in [6.45, 7) is 0.719. The van der Waals surface area contributed by atoms with Crippen molar-refractivity contribution in [3.8, 4) is 0 Å². The van der Waals surface area contributed by atoms with E-state index in [0.29, 0.717) is 10.5 Å². The average molecular weight is 273 g/mol. The van der Waals surface area contributed by atoms with Gasteiger partial charge in [0.15, 0.2) is 5.82 Å². The van der Waals surface area contributed by atoms with E-state index >= 15 is 0 Å². The van der Waals surface area contributed by atoms with Crippen LogP contribution in [-0.2, 0) is 6.42 Å². The Kier molecular flexibility index (Phi) is 2.79. The molecule has 0 aliphatic carbocycles. The first-order valence-corrected chi connectivity index (χ1v) is 6.26. The van der Waals surface area contributed by atoms with Crippen molar-refractivity contribution in [1.29, 1.82) is 0 Å². The summed E-state index contributed by atoms with van der Waals surface area (Å²) in [5.41, 5.74) is 2.33. The van der Waals surface area contributed by atoms with Crippen LogP contribution in [0.5, 0.6) is 0 Å². The van der Waals surface area contributed by atoms with Crippen molar-refractivity contribution in [2.24, 2.45) is 0 Å². The molecule has 3 rings (SSSR count). The van der Waals surface area contributed by atoms with E-state index in [9.17, 15) is 9.90 Å². The Balaban J connectivity index is 2.14. The second kappa shape index (κ2) is 4.47. The summed E-state index contributed by atoms with van der Waals surface area (Å²) in [4.78, 5) is 13.2. The Morgan fingerprint density at radius 3 is 3.00 bits per heavy atom. The van der Waals surface area contributed by atoms with Crippen molar-refractivity contribution in [3.05, 3.63) is 46.1 Å². The molecular weight excluding hydrogens is 262 g/mol. The van der Waals surface area contributed by atoms with Crippen molar-refractivity contribution in [2.75, 3.05) is 11.4 Å². The average Bonchev–Trinajstić information content (AvgIpc) is 2.82. The van der Waals surface area contributed by atoms with Crippen LogP contribution in [-0.4, -0.2) is 27.8 Å². The minimum absolute atomic E-state index is 0.125. The van der Waals surface area contributed by atoms with Gasteiger partial charge >= 0.3 is 5.97 Å². The Morgan fingerprint density at radius 1 is 1.42 bits per heavy atom. The predicted octanol–water partition coefficient (Wildman–Crippen LogP) is 2.53. The van der Waals surface area contributed by atoms with Crippen molar-refractivity contribution < 1.29 is 9.90 Å². The van der Waals surface area contributed by atoms with Crippen LogP contribution in [0.2, 0.25) is 0 Å². The number of rotatable bonds is 2. The van der Waals surface area contributed by atoms with E-state index in [4.69, 9.17) is 12.2 Å². The molecule has 0 bridgehead atoms. The number of fused-ring (bicyclic) bond motifs is 1. The van der Waals surface area contributed by atoms with Gasteiger partial charge in [-0.1, -0.05) is 30.4 Å². The third-order valence-electron chi connectivity index (χ3n) is 3.16. The predicted molar refractivity (Wildman–Crippen MR) is 73.5 cm³/mol. The smallest absolute Gasteiger partial charge is 0.339 e. The third kappa shape index (κ3) is 2.00.